The van der Waals surface area contributed by atoms with Gasteiger partial charge in [-0.3, -0.25) is 4.79 Å². The molecule has 26 heavy (non-hydrogen) atoms. The number of hydrogen-bond acceptors (Lipinski definition) is 2. The topological polar surface area (TPSA) is 37.3 Å². The molecule has 0 spiro atoms. The van der Waals surface area contributed by atoms with Crippen molar-refractivity contribution in [1.29, 1.82) is 0 Å². The van der Waals surface area contributed by atoms with Crippen molar-refractivity contribution in [2.75, 3.05) is 23.3 Å². The number of amides is 1. The first kappa shape index (κ1) is 17.2. The lowest BCUT2D eigenvalue weighted by Crippen LogP contribution is -2.32. The van der Waals surface area contributed by atoms with E-state index in [1.165, 1.54) is 24.9 Å². The summed E-state index contributed by atoms with van der Waals surface area (Å²) in [5.41, 5.74) is 2.16. The number of carbonyl (C=O) groups excluding carboxylic acids is 1. The first-order valence-corrected chi connectivity index (χ1v) is 10.1. The normalized spacial score (nSPS) is 23.6. The van der Waals surface area contributed by atoms with Gasteiger partial charge in [-0.15, -0.1) is 0 Å². The minimum atomic E-state index is 0.135. The zero-order valence-electron chi connectivity index (χ0n) is 15.4. The highest BCUT2D eigenvalue weighted by Gasteiger charge is 2.27. The molecule has 2 heterocycles. The SMILES string of the molecule is O=C(Nc1ccccc1N1CCCCC1)C1CCC(n2cccc2)CC1. The van der Waals surface area contributed by atoms with Crippen LogP contribution in [0.15, 0.2) is 48.8 Å². The maximum Gasteiger partial charge on any atom is 0.227 e. The molecule has 2 aromatic rings. The van der Waals surface area contributed by atoms with Crippen LogP contribution >= 0.6 is 0 Å². The van der Waals surface area contributed by atoms with Crippen LogP contribution in [0.3, 0.4) is 0 Å². The maximum atomic E-state index is 12.9. The molecule has 1 amide bonds. The van der Waals surface area contributed by atoms with E-state index in [2.05, 4.69) is 51.4 Å². The first-order chi connectivity index (χ1) is 12.8. The molecule has 4 heteroatoms. The number of carbonyl (C=O) groups is 1. The number of para-hydroxylation sites is 2. The Morgan fingerprint density at radius 3 is 2.31 bits per heavy atom. The summed E-state index contributed by atoms with van der Waals surface area (Å²) >= 11 is 0. The molecular weight excluding hydrogens is 322 g/mol. The molecule has 0 radical (unpaired) electrons. The van der Waals surface area contributed by atoms with Gasteiger partial charge < -0.3 is 14.8 Å². The average Bonchev–Trinajstić information content (AvgIpc) is 3.24. The molecule has 0 bridgehead atoms. The Bertz CT molecular complexity index is 711. The van der Waals surface area contributed by atoms with Gasteiger partial charge in [0.05, 0.1) is 11.4 Å². The highest BCUT2D eigenvalue weighted by atomic mass is 16.1. The molecule has 0 atom stereocenters. The highest BCUT2D eigenvalue weighted by Crippen LogP contribution is 2.34. The Morgan fingerprint density at radius 1 is 0.885 bits per heavy atom. The third-order valence-corrected chi connectivity index (χ3v) is 5.98. The number of nitrogens with one attached hydrogen (secondary N) is 1. The van der Waals surface area contributed by atoms with Crippen molar-refractivity contribution in [2.24, 2.45) is 5.92 Å². The number of hydrogen-bond donors (Lipinski definition) is 1. The van der Waals surface area contributed by atoms with Crippen molar-refractivity contribution < 1.29 is 4.79 Å². The second-order valence-electron chi connectivity index (χ2n) is 7.69. The van der Waals surface area contributed by atoms with Crippen molar-refractivity contribution in [3.8, 4) is 0 Å². The van der Waals surface area contributed by atoms with Gasteiger partial charge in [-0.25, -0.2) is 0 Å². The van der Waals surface area contributed by atoms with E-state index in [1.807, 2.05) is 12.1 Å². The van der Waals surface area contributed by atoms with Crippen LogP contribution in [-0.4, -0.2) is 23.6 Å². The molecule has 2 fully saturated rings. The standard InChI is InChI=1S/C22H29N3O/c26-22(18-10-12-19(13-11-18)24-14-6-7-15-24)23-20-8-2-3-9-21(20)25-16-4-1-5-17-25/h2-3,6-9,14-15,18-19H,1,4-5,10-13,16-17H2,(H,23,26). The Labute approximate surface area is 156 Å². The Kier molecular flexibility index (Phi) is 5.28. The molecule has 138 valence electrons. The van der Waals surface area contributed by atoms with E-state index in [0.29, 0.717) is 6.04 Å². The molecule has 1 N–H and O–H groups in total. The lowest BCUT2D eigenvalue weighted by Gasteiger charge is -2.32. The van der Waals surface area contributed by atoms with E-state index in [9.17, 15) is 4.79 Å². The molecule has 1 aliphatic heterocycles. The Hall–Kier alpha value is -2.23. The lowest BCUT2D eigenvalue weighted by atomic mass is 9.85. The molecule has 1 saturated carbocycles. The number of rotatable bonds is 4. The van der Waals surface area contributed by atoms with E-state index >= 15 is 0 Å². The monoisotopic (exact) mass is 351 g/mol. The average molecular weight is 351 g/mol. The molecule has 1 saturated heterocycles. The maximum absolute atomic E-state index is 12.9. The van der Waals surface area contributed by atoms with Crippen molar-refractivity contribution >= 4 is 17.3 Å². The van der Waals surface area contributed by atoms with E-state index < -0.39 is 0 Å². The predicted octanol–water partition coefficient (Wildman–Crippen LogP) is 4.85. The summed E-state index contributed by atoms with van der Waals surface area (Å²) < 4.78 is 2.29. The molecule has 1 aromatic heterocycles. The zero-order valence-corrected chi connectivity index (χ0v) is 15.4. The Morgan fingerprint density at radius 2 is 1.58 bits per heavy atom. The zero-order chi connectivity index (χ0) is 17.8. The summed E-state index contributed by atoms with van der Waals surface area (Å²) in [6.45, 7) is 2.18. The number of nitrogens with zero attached hydrogens (tertiary/aromatic N) is 2. The number of aromatic nitrogens is 1. The van der Waals surface area contributed by atoms with Crippen LogP contribution < -0.4 is 10.2 Å². The molecular formula is C22H29N3O. The number of benzene rings is 1. The summed E-state index contributed by atoms with van der Waals surface area (Å²) in [5.74, 6) is 0.330. The molecule has 1 aliphatic carbocycles. The quantitative estimate of drug-likeness (QED) is 0.855. The third-order valence-electron chi connectivity index (χ3n) is 5.98. The van der Waals surface area contributed by atoms with Gasteiger partial charge in [-0.1, -0.05) is 12.1 Å². The smallest absolute Gasteiger partial charge is 0.227 e. The summed E-state index contributed by atoms with van der Waals surface area (Å²) in [6, 6.07) is 13.0. The number of piperidine rings is 1. The van der Waals surface area contributed by atoms with Crippen molar-refractivity contribution in [2.45, 2.75) is 51.0 Å². The van der Waals surface area contributed by atoms with Gasteiger partial charge in [0.2, 0.25) is 5.91 Å². The van der Waals surface area contributed by atoms with Crippen LogP contribution in [0.4, 0.5) is 11.4 Å². The second kappa shape index (κ2) is 7.98. The van der Waals surface area contributed by atoms with E-state index in [-0.39, 0.29) is 11.8 Å². The van der Waals surface area contributed by atoms with Crippen LogP contribution in [0.2, 0.25) is 0 Å². The fourth-order valence-corrected chi connectivity index (χ4v) is 4.45. The highest BCUT2D eigenvalue weighted by molar-refractivity contribution is 5.95. The summed E-state index contributed by atoms with van der Waals surface area (Å²) in [5, 5.41) is 3.24. The molecule has 0 unspecified atom stereocenters. The Balaban J connectivity index is 1.38. The fraction of sp³-hybridized carbons (Fsp3) is 0.500. The van der Waals surface area contributed by atoms with Crippen LogP contribution in [0.25, 0.3) is 0 Å². The van der Waals surface area contributed by atoms with Crippen LogP contribution in [-0.2, 0) is 4.79 Å². The van der Waals surface area contributed by atoms with Crippen LogP contribution in [0, 0.1) is 5.92 Å². The predicted molar refractivity (Wildman–Crippen MR) is 107 cm³/mol. The van der Waals surface area contributed by atoms with Gasteiger partial charge in [-0.2, -0.15) is 0 Å². The first-order valence-electron chi connectivity index (χ1n) is 10.1. The van der Waals surface area contributed by atoms with Gasteiger partial charge in [0.15, 0.2) is 0 Å². The lowest BCUT2D eigenvalue weighted by molar-refractivity contribution is -0.121. The fourth-order valence-electron chi connectivity index (χ4n) is 4.45. The largest absolute Gasteiger partial charge is 0.370 e. The van der Waals surface area contributed by atoms with Crippen LogP contribution in [0.5, 0.6) is 0 Å². The van der Waals surface area contributed by atoms with E-state index in [4.69, 9.17) is 0 Å². The third kappa shape index (κ3) is 3.79. The van der Waals surface area contributed by atoms with Gasteiger partial charge in [0, 0.05) is 37.4 Å². The molecule has 2 aliphatic rings. The van der Waals surface area contributed by atoms with Crippen LogP contribution in [0.1, 0.15) is 51.0 Å². The van der Waals surface area contributed by atoms with Crippen molar-refractivity contribution in [3.05, 3.63) is 48.8 Å². The molecule has 4 rings (SSSR count). The van der Waals surface area contributed by atoms with Crippen molar-refractivity contribution in [3.63, 3.8) is 0 Å². The van der Waals surface area contributed by atoms with E-state index in [0.717, 1.165) is 44.5 Å². The molecule has 4 nitrogen and oxygen atoms in total. The summed E-state index contributed by atoms with van der Waals surface area (Å²) in [6.07, 6.45) is 12.2. The van der Waals surface area contributed by atoms with Gasteiger partial charge in [0.25, 0.3) is 0 Å². The second-order valence-corrected chi connectivity index (χ2v) is 7.69. The van der Waals surface area contributed by atoms with Gasteiger partial charge in [-0.05, 0) is 69.2 Å². The summed E-state index contributed by atoms with van der Waals surface area (Å²) in [4.78, 5) is 15.3. The van der Waals surface area contributed by atoms with E-state index in [1.54, 1.807) is 0 Å². The van der Waals surface area contributed by atoms with Crippen molar-refractivity contribution in [1.82, 2.24) is 4.57 Å². The minimum Gasteiger partial charge on any atom is -0.370 e. The van der Waals surface area contributed by atoms with Gasteiger partial charge in [0.1, 0.15) is 0 Å². The summed E-state index contributed by atoms with van der Waals surface area (Å²) in [7, 11) is 0. The molecule has 1 aromatic carbocycles. The van der Waals surface area contributed by atoms with Gasteiger partial charge >= 0.3 is 0 Å². The minimum absolute atomic E-state index is 0.135. The number of anilines is 2.